The van der Waals surface area contributed by atoms with Gasteiger partial charge in [0.2, 0.25) is 0 Å². The second-order valence-corrected chi connectivity index (χ2v) is 3.63. The Kier molecular flexibility index (Phi) is 6.52. The number of phosphoric acid groups is 1. The molecule has 8 heteroatoms. The molecule has 1 rings (SSSR count). The van der Waals surface area contributed by atoms with E-state index in [1.165, 1.54) is 24.3 Å². The molecule has 0 aliphatic rings. The fourth-order valence-corrected chi connectivity index (χ4v) is 1.27. The van der Waals surface area contributed by atoms with E-state index in [0.29, 0.717) is 5.69 Å². The van der Waals surface area contributed by atoms with Crippen molar-refractivity contribution in [2.75, 3.05) is 0 Å². The van der Waals surface area contributed by atoms with Crippen LogP contribution >= 0.6 is 20.0 Å². The van der Waals surface area contributed by atoms with E-state index in [4.69, 9.17) is 9.79 Å². The zero-order chi connectivity index (χ0) is 10.6. The first-order valence-corrected chi connectivity index (χ1v) is 5.38. The molecule has 0 amide bonds. The number of isothiocyanates is 1. The topological polar surface area (TPSA) is 79.1 Å². The quantitative estimate of drug-likeness (QED) is 0.367. The summed E-state index contributed by atoms with van der Waals surface area (Å²) < 4.78 is 14.7. The standard InChI is InChI=1S/C7H6NO4PS.Na.H/c9-13(10,11)12-7-3-1-6(2-4-7)8-5-14;;/h1-4H,(H2,9,10,11);;. The molecule has 0 aromatic heterocycles. The molecule has 15 heavy (non-hydrogen) atoms. The average Bonchev–Trinajstić information content (AvgIpc) is 2.06. The van der Waals surface area contributed by atoms with E-state index < -0.39 is 7.82 Å². The van der Waals surface area contributed by atoms with Crippen molar-refractivity contribution in [2.45, 2.75) is 0 Å². The maximum absolute atomic E-state index is 10.4. The van der Waals surface area contributed by atoms with Crippen LogP contribution < -0.4 is 4.52 Å². The van der Waals surface area contributed by atoms with Crippen molar-refractivity contribution in [3.63, 3.8) is 0 Å². The van der Waals surface area contributed by atoms with Crippen molar-refractivity contribution < 1.29 is 18.9 Å². The van der Waals surface area contributed by atoms with Gasteiger partial charge in [0.05, 0.1) is 10.8 Å². The summed E-state index contributed by atoms with van der Waals surface area (Å²) in [4.78, 5) is 20.6. The molecule has 0 fully saturated rings. The number of hydrogen-bond donors (Lipinski definition) is 2. The molecule has 0 heterocycles. The molecule has 0 bridgehead atoms. The van der Waals surface area contributed by atoms with Gasteiger partial charge in [-0.3, -0.25) is 9.79 Å². The Labute approximate surface area is 114 Å². The first kappa shape index (κ1) is 15.0. The van der Waals surface area contributed by atoms with Gasteiger partial charge in [-0.2, -0.15) is 4.99 Å². The molecule has 0 aliphatic carbocycles. The Morgan fingerprint density at radius 3 is 2.27 bits per heavy atom. The number of aliphatic imine (C=N–C) groups is 1. The van der Waals surface area contributed by atoms with Gasteiger partial charge in [0.1, 0.15) is 5.75 Å². The van der Waals surface area contributed by atoms with E-state index in [0.717, 1.165) is 0 Å². The summed E-state index contributed by atoms with van der Waals surface area (Å²) in [6.07, 6.45) is 0. The third-order valence-electron chi connectivity index (χ3n) is 1.24. The van der Waals surface area contributed by atoms with Gasteiger partial charge in [-0.1, -0.05) is 0 Å². The van der Waals surface area contributed by atoms with Gasteiger partial charge in [-0.15, -0.1) is 0 Å². The SMILES string of the molecule is O=P(O)(O)Oc1ccc(N=C=S)cc1.[NaH]. The fourth-order valence-electron chi connectivity index (χ4n) is 0.772. The molecule has 76 valence electrons. The third-order valence-corrected chi connectivity index (χ3v) is 1.78. The number of nitrogens with zero attached hydrogens (tertiary/aromatic N) is 1. The second-order valence-electron chi connectivity index (χ2n) is 2.28. The molecule has 1 aromatic rings. The van der Waals surface area contributed by atoms with Crippen molar-refractivity contribution >= 4 is 60.4 Å². The van der Waals surface area contributed by atoms with Gasteiger partial charge in [-0.25, -0.2) is 4.57 Å². The van der Waals surface area contributed by atoms with E-state index in [9.17, 15) is 4.57 Å². The summed E-state index contributed by atoms with van der Waals surface area (Å²) in [6.45, 7) is 0. The van der Waals surface area contributed by atoms with Gasteiger partial charge >= 0.3 is 37.4 Å². The second kappa shape index (κ2) is 6.53. The fraction of sp³-hybridized carbons (Fsp3) is 0. The third kappa shape index (κ3) is 6.20. The van der Waals surface area contributed by atoms with Crippen molar-refractivity contribution in [1.82, 2.24) is 0 Å². The van der Waals surface area contributed by atoms with Crippen LogP contribution in [0.1, 0.15) is 0 Å². The number of hydrogen-bond acceptors (Lipinski definition) is 4. The zero-order valence-electron chi connectivity index (χ0n) is 6.82. The van der Waals surface area contributed by atoms with Gasteiger partial charge in [0, 0.05) is 0 Å². The monoisotopic (exact) mass is 255 g/mol. The van der Waals surface area contributed by atoms with Crippen LogP contribution in [-0.2, 0) is 4.57 Å². The zero-order valence-corrected chi connectivity index (χ0v) is 8.53. The van der Waals surface area contributed by atoms with E-state index in [1.54, 1.807) is 0 Å². The molecule has 0 atom stereocenters. The molecule has 0 saturated carbocycles. The Hall–Kier alpha value is -0.0300. The molecule has 0 spiro atoms. The Morgan fingerprint density at radius 1 is 1.33 bits per heavy atom. The van der Waals surface area contributed by atoms with E-state index in [2.05, 4.69) is 26.9 Å². The minimum absolute atomic E-state index is 0. The van der Waals surface area contributed by atoms with Crippen LogP contribution in [0.25, 0.3) is 0 Å². The summed E-state index contributed by atoms with van der Waals surface area (Å²) in [5.41, 5.74) is 0.540. The van der Waals surface area contributed by atoms with Crippen molar-refractivity contribution in [2.24, 2.45) is 4.99 Å². The van der Waals surface area contributed by atoms with Crippen LogP contribution in [-0.4, -0.2) is 44.5 Å². The van der Waals surface area contributed by atoms with Gasteiger partial charge in [0.25, 0.3) is 0 Å². The first-order valence-electron chi connectivity index (χ1n) is 3.44. The average molecular weight is 255 g/mol. The number of benzene rings is 1. The maximum atomic E-state index is 10.4. The molecule has 5 nitrogen and oxygen atoms in total. The number of thiocarbonyl (C=S) groups is 1. The van der Waals surface area contributed by atoms with Gasteiger partial charge in [0.15, 0.2) is 0 Å². The van der Waals surface area contributed by atoms with Crippen LogP contribution in [0.3, 0.4) is 0 Å². The molecule has 0 aliphatic heterocycles. The molecule has 0 unspecified atom stereocenters. The van der Waals surface area contributed by atoms with Crippen molar-refractivity contribution in [3.05, 3.63) is 24.3 Å². The Morgan fingerprint density at radius 2 is 1.87 bits per heavy atom. The van der Waals surface area contributed by atoms with E-state index in [1.807, 2.05) is 0 Å². The molecular formula is C7H7NNaO4PS. The van der Waals surface area contributed by atoms with Crippen LogP contribution in [0.2, 0.25) is 0 Å². The first-order chi connectivity index (χ1) is 6.51. The molecule has 0 saturated heterocycles. The molecule has 0 radical (unpaired) electrons. The minimum atomic E-state index is -4.48. The number of rotatable bonds is 3. The normalized spacial score (nSPS) is 9.73. The summed E-state index contributed by atoms with van der Waals surface area (Å²) >= 11 is 4.38. The molecule has 2 N–H and O–H groups in total. The van der Waals surface area contributed by atoms with Gasteiger partial charge < -0.3 is 4.52 Å². The van der Waals surface area contributed by atoms with Crippen LogP contribution in [0.15, 0.2) is 29.3 Å². The van der Waals surface area contributed by atoms with E-state index in [-0.39, 0.29) is 35.3 Å². The van der Waals surface area contributed by atoms with Crippen LogP contribution in [0, 0.1) is 0 Å². The summed E-state index contributed by atoms with van der Waals surface area (Å²) in [5, 5.41) is 2.17. The van der Waals surface area contributed by atoms with Crippen molar-refractivity contribution in [3.8, 4) is 5.75 Å². The summed E-state index contributed by atoms with van der Waals surface area (Å²) in [6, 6.07) is 5.77. The Balaban J connectivity index is 0.00000196. The van der Waals surface area contributed by atoms with Crippen LogP contribution in [0.4, 0.5) is 5.69 Å². The van der Waals surface area contributed by atoms with Gasteiger partial charge in [-0.05, 0) is 36.5 Å². The molecular weight excluding hydrogens is 248 g/mol. The number of phosphoric ester groups is 1. The van der Waals surface area contributed by atoms with Crippen molar-refractivity contribution in [1.29, 1.82) is 0 Å². The summed E-state index contributed by atoms with van der Waals surface area (Å²) in [5.74, 6) is 0.0710. The Bertz CT molecular complexity index is 412. The van der Waals surface area contributed by atoms with Crippen LogP contribution in [0.5, 0.6) is 5.75 Å². The predicted molar refractivity (Wildman–Crippen MR) is 60.9 cm³/mol. The van der Waals surface area contributed by atoms with E-state index >= 15 is 0 Å². The molecule has 1 aromatic carbocycles. The summed E-state index contributed by atoms with van der Waals surface area (Å²) in [7, 11) is -4.48. The predicted octanol–water partition coefficient (Wildman–Crippen LogP) is 1.24.